The first-order valence-corrected chi connectivity index (χ1v) is 21.4. The fourth-order valence-electron chi connectivity index (χ4n) is 7.91. The standard InChI is InChI=1S/C21H26FN5O.C20H24FN5O2.C6H12O2/c1-13-7-15(26-17(28)9-21(2,3)4)12-27(11-13)20-16(22)8-14(10-23)18-19(20)25-6-5-24-18;1-12-7-14(25-19(27)28-20(2,3)4)11-26(10-12)18-15(21)8-13(9-22)16-17(18)24-6-5-23-16;1-6(2,3)4-5(7)8/h5-6,8,13,15H,7,9,11-12H2,1-4H3,(H,26,28);5-6,8,12,14H,7,10-11H2,1-4H3,(H,25,27);4H2,1-3H3,(H,7,8)/t13-,15+;12-,14+;/m00./s1. The van der Waals surface area contributed by atoms with Crippen molar-refractivity contribution in [1.29, 1.82) is 10.5 Å². The third-order valence-corrected chi connectivity index (χ3v) is 10.0. The Morgan fingerprint density at radius 1 is 0.688 bits per heavy atom. The summed E-state index contributed by atoms with van der Waals surface area (Å²) in [5.41, 5.74) is 1.73. The third kappa shape index (κ3) is 14.7. The predicted molar refractivity (Wildman–Crippen MR) is 241 cm³/mol. The summed E-state index contributed by atoms with van der Waals surface area (Å²) >= 11 is 0. The number of benzene rings is 2. The largest absolute Gasteiger partial charge is 0.481 e. The van der Waals surface area contributed by atoms with Gasteiger partial charge in [-0.25, -0.2) is 13.6 Å². The Balaban J connectivity index is 0.000000240. The van der Waals surface area contributed by atoms with Gasteiger partial charge in [-0.05, 0) is 68.4 Å². The lowest BCUT2D eigenvalue weighted by atomic mass is 9.91. The zero-order valence-electron chi connectivity index (χ0n) is 38.8. The normalized spacial score (nSPS) is 18.9. The lowest BCUT2D eigenvalue weighted by molar-refractivity contribution is -0.139. The molecule has 0 unspecified atom stereocenters. The Morgan fingerprint density at radius 2 is 1.08 bits per heavy atom. The number of carbonyl (C=O) groups excluding carboxylic acids is 2. The van der Waals surface area contributed by atoms with E-state index in [4.69, 9.17) is 9.84 Å². The van der Waals surface area contributed by atoms with E-state index in [0.29, 0.717) is 66.0 Å². The quantitative estimate of drug-likeness (QED) is 0.167. The molecule has 344 valence electrons. The molecule has 0 bridgehead atoms. The van der Waals surface area contributed by atoms with Crippen LogP contribution in [0.4, 0.5) is 25.0 Å². The summed E-state index contributed by atoms with van der Waals surface area (Å²) in [6, 6.07) is 6.11. The Hall–Kier alpha value is -6.23. The molecule has 2 saturated heterocycles. The summed E-state index contributed by atoms with van der Waals surface area (Å²) < 4.78 is 35.2. The van der Waals surface area contributed by atoms with Crippen molar-refractivity contribution in [3.63, 3.8) is 0 Å². The van der Waals surface area contributed by atoms with Gasteiger partial charge in [0, 0.05) is 69.5 Å². The lowest BCUT2D eigenvalue weighted by Gasteiger charge is -2.38. The van der Waals surface area contributed by atoms with Gasteiger partial charge in [-0.3, -0.25) is 29.5 Å². The highest BCUT2D eigenvalue weighted by Crippen LogP contribution is 2.35. The molecule has 0 radical (unpaired) electrons. The molecule has 0 saturated carbocycles. The number of aliphatic carboxylic acids is 1. The van der Waals surface area contributed by atoms with Crippen molar-refractivity contribution in [2.45, 2.75) is 120 Å². The molecule has 2 aliphatic rings. The maximum Gasteiger partial charge on any atom is 0.407 e. The summed E-state index contributed by atoms with van der Waals surface area (Å²) in [5.74, 6) is -1.23. The second-order valence-electron chi connectivity index (χ2n) is 20.2. The molecular formula is C47H62F2N10O5. The van der Waals surface area contributed by atoms with E-state index < -0.39 is 29.3 Å². The third-order valence-electron chi connectivity index (χ3n) is 10.0. The van der Waals surface area contributed by atoms with E-state index in [0.717, 1.165) is 12.8 Å². The van der Waals surface area contributed by atoms with Crippen LogP contribution in [0, 0.1) is 57.0 Å². The molecule has 0 spiro atoms. The number of hydrogen-bond acceptors (Lipinski definition) is 12. The van der Waals surface area contributed by atoms with Gasteiger partial charge >= 0.3 is 12.1 Å². The van der Waals surface area contributed by atoms with Crippen molar-refractivity contribution >= 4 is 51.4 Å². The molecule has 2 fully saturated rings. The van der Waals surface area contributed by atoms with Crippen LogP contribution < -0.4 is 20.4 Å². The minimum Gasteiger partial charge on any atom is -0.481 e. The second-order valence-corrected chi connectivity index (χ2v) is 20.2. The first kappa shape index (κ1) is 50.4. The smallest absolute Gasteiger partial charge is 0.407 e. The van der Waals surface area contributed by atoms with E-state index in [1.54, 1.807) is 20.8 Å². The Bertz CT molecular complexity index is 2240. The molecule has 2 aliphatic heterocycles. The maximum atomic E-state index is 14.9. The van der Waals surface area contributed by atoms with E-state index in [1.807, 2.05) is 70.4 Å². The van der Waals surface area contributed by atoms with Crippen molar-refractivity contribution in [2.75, 3.05) is 36.0 Å². The summed E-state index contributed by atoms with van der Waals surface area (Å²) in [6.07, 6.45) is 7.76. The maximum absolute atomic E-state index is 14.9. The van der Waals surface area contributed by atoms with E-state index >= 15 is 0 Å². The van der Waals surface area contributed by atoms with Crippen LogP contribution in [-0.4, -0.2) is 86.9 Å². The van der Waals surface area contributed by atoms with Gasteiger partial charge in [-0.15, -0.1) is 0 Å². The number of carbonyl (C=O) groups is 3. The van der Waals surface area contributed by atoms with E-state index in [-0.39, 0.29) is 58.2 Å². The summed E-state index contributed by atoms with van der Waals surface area (Å²) in [4.78, 5) is 55.3. The molecule has 64 heavy (non-hydrogen) atoms. The van der Waals surface area contributed by atoms with Gasteiger partial charge in [0.05, 0.1) is 17.5 Å². The van der Waals surface area contributed by atoms with Crippen molar-refractivity contribution in [1.82, 2.24) is 30.6 Å². The van der Waals surface area contributed by atoms with Gasteiger partial charge in [0.2, 0.25) is 5.91 Å². The molecule has 0 aliphatic carbocycles. The van der Waals surface area contributed by atoms with Gasteiger partial charge in [0.1, 0.15) is 62.8 Å². The van der Waals surface area contributed by atoms with Gasteiger partial charge < -0.3 is 30.3 Å². The number of amides is 2. The fraction of sp³-hybridized carbons (Fsp3) is 0.553. The van der Waals surface area contributed by atoms with Crippen molar-refractivity contribution in [3.8, 4) is 12.1 Å². The number of ether oxygens (including phenoxy) is 1. The molecule has 4 atom stereocenters. The van der Waals surface area contributed by atoms with E-state index in [9.17, 15) is 33.7 Å². The molecular weight excluding hydrogens is 823 g/mol. The summed E-state index contributed by atoms with van der Waals surface area (Å²) in [6.45, 7) is 23.5. The van der Waals surface area contributed by atoms with Gasteiger partial charge in [0.25, 0.3) is 0 Å². The van der Waals surface area contributed by atoms with Crippen LogP contribution in [0.3, 0.4) is 0 Å². The number of rotatable bonds is 6. The first-order valence-electron chi connectivity index (χ1n) is 21.4. The first-order chi connectivity index (χ1) is 29.8. The van der Waals surface area contributed by atoms with E-state index in [1.165, 1.54) is 36.9 Å². The molecule has 6 rings (SSSR count). The lowest BCUT2D eigenvalue weighted by Crippen LogP contribution is -2.51. The molecule has 4 heterocycles. The number of hydrogen-bond donors (Lipinski definition) is 3. The van der Waals surface area contributed by atoms with Crippen molar-refractivity contribution in [2.24, 2.45) is 22.7 Å². The molecule has 2 amide bonds. The van der Waals surface area contributed by atoms with E-state index in [2.05, 4.69) is 37.5 Å². The monoisotopic (exact) mass is 884 g/mol. The van der Waals surface area contributed by atoms with Crippen LogP contribution in [0.25, 0.3) is 22.1 Å². The highest BCUT2D eigenvalue weighted by atomic mass is 19.1. The number of fused-ring (bicyclic) bond motifs is 2. The van der Waals surface area contributed by atoms with Crippen LogP contribution in [0.1, 0.15) is 113 Å². The zero-order chi connectivity index (χ0) is 47.7. The molecule has 17 heteroatoms. The molecule has 4 aromatic rings. The summed E-state index contributed by atoms with van der Waals surface area (Å²) in [7, 11) is 0. The van der Waals surface area contributed by atoms with Gasteiger partial charge in [-0.1, -0.05) is 55.4 Å². The van der Waals surface area contributed by atoms with Crippen LogP contribution in [0.2, 0.25) is 0 Å². The highest BCUT2D eigenvalue weighted by molar-refractivity contribution is 5.93. The number of carboxylic acid groups (broad SMARTS) is 1. The minimum atomic E-state index is -0.725. The number of halogens is 2. The fourth-order valence-corrected chi connectivity index (χ4v) is 7.91. The number of alkyl carbamates (subject to hydrolysis) is 1. The molecule has 15 nitrogen and oxygen atoms in total. The van der Waals surface area contributed by atoms with Crippen LogP contribution >= 0.6 is 0 Å². The van der Waals surface area contributed by atoms with Gasteiger partial charge in [-0.2, -0.15) is 10.5 Å². The Morgan fingerprint density at radius 3 is 1.42 bits per heavy atom. The zero-order valence-corrected chi connectivity index (χ0v) is 38.8. The number of anilines is 2. The van der Waals surface area contributed by atoms with Crippen molar-refractivity contribution in [3.05, 3.63) is 59.7 Å². The topological polar surface area (TPSA) is 210 Å². The molecule has 2 aromatic heterocycles. The average Bonchev–Trinajstić information content (AvgIpc) is 3.14. The number of piperidine rings is 2. The number of aromatic nitrogens is 4. The molecule has 2 aromatic carbocycles. The minimum absolute atomic E-state index is 0.0106. The predicted octanol–water partition coefficient (Wildman–Crippen LogP) is 8.30. The van der Waals surface area contributed by atoms with Crippen molar-refractivity contribution < 1.29 is 33.0 Å². The number of nitrogens with zero attached hydrogens (tertiary/aromatic N) is 8. The highest BCUT2D eigenvalue weighted by Gasteiger charge is 2.32. The Labute approximate surface area is 374 Å². The molecule has 3 N–H and O–H groups in total. The SMILES string of the molecule is CC(C)(C)CC(=O)O.C[C@H]1C[C@@H](NC(=O)CC(C)(C)C)CN(c2c(F)cc(C#N)c3nccnc23)C1.C[C@H]1C[C@@H](NC(=O)OC(C)(C)C)CN(c2c(F)cc(C#N)c3nccnc23)C1. The second kappa shape index (κ2) is 21.0. The average molecular weight is 885 g/mol. The Kier molecular flexibility index (Phi) is 16.5. The number of nitrogens with one attached hydrogen (secondary N) is 2. The number of carboxylic acids is 1. The number of nitriles is 2. The van der Waals surface area contributed by atoms with Crippen LogP contribution in [-0.2, 0) is 14.3 Å². The van der Waals surface area contributed by atoms with Crippen LogP contribution in [0.5, 0.6) is 0 Å². The van der Waals surface area contributed by atoms with Gasteiger partial charge in [0.15, 0.2) is 0 Å². The van der Waals surface area contributed by atoms with Crippen LogP contribution in [0.15, 0.2) is 36.9 Å². The summed E-state index contributed by atoms with van der Waals surface area (Å²) in [5, 5.41) is 32.8.